The van der Waals surface area contributed by atoms with Crippen LogP contribution < -0.4 is 0 Å². The monoisotopic (exact) mass is 196 g/mol. The molecule has 82 valence electrons. The summed E-state index contributed by atoms with van der Waals surface area (Å²) in [5.41, 5.74) is 1.75. The van der Waals surface area contributed by atoms with E-state index in [1.54, 1.807) is 0 Å². The Bertz CT molecular complexity index is 224. The van der Waals surface area contributed by atoms with E-state index in [0.717, 1.165) is 12.8 Å². The normalized spacial score (nSPS) is 25.9. The molecule has 1 fully saturated rings. The van der Waals surface area contributed by atoms with Crippen LogP contribution in [0, 0.1) is 16.7 Å². The lowest BCUT2D eigenvalue weighted by molar-refractivity contribution is 0.120. The summed E-state index contributed by atoms with van der Waals surface area (Å²) >= 11 is 0. The summed E-state index contributed by atoms with van der Waals surface area (Å²) in [6, 6.07) is 0. The van der Waals surface area contributed by atoms with Crippen LogP contribution >= 0.6 is 0 Å². The summed E-state index contributed by atoms with van der Waals surface area (Å²) in [5, 5.41) is 10.1. The highest BCUT2D eigenvalue weighted by atomic mass is 16.3. The van der Waals surface area contributed by atoms with Gasteiger partial charge in [-0.2, -0.15) is 0 Å². The molecule has 0 aromatic rings. The van der Waals surface area contributed by atoms with Crippen LogP contribution in [0.1, 0.15) is 47.5 Å². The molecule has 1 nitrogen and oxygen atoms in total. The molecule has 0 aliphatic heterocycles. The molecule has 0 heterocycles. The zero-order chi connectivity index (χ0) is 11.1. The number of allylic oxidation sites excluding steroid dienone is 1. The Labute approximate surface area is 88.2 Å². The van der Waals surface area contributed by atoms with Crippen molar-refractivity contribution in [1.29, 1.82) is 0 Å². The van der Waals surface area contributed by atoms with E-state index in [9.17, 15) is 5.11 Å². The van der Waals surface area contributed by atoms with E-state index in [4.69, 9.17) is 0 Å². The average molecular weight is 196 g/mol. The summed E-state index contributed by atoms with van der Waals surface area (Å²) in [4.78, 5) is 0. The summed E-state index contributed by atoms with van der Waals surface area (Å²) < 4.78 is 0. The van der Waals surface area contributed by atoms with Gasteiger partial charge in [0.1, 0.15) is 0 Å². The van der Waals surface area contributed by atoms with Gasteiger partial charge in [-0.15, -0.1) is 6.58 Å². The second-order valence-corrected chi connectivity index (χ2v) is 5.98. The highest BCUT2D eigenvalue weighted by Gasteiger charge is 2.66. The Balaban J connectivity index is 2.49. The maximum absolute atomic E-state index is 10.1. The zero-order valence-corrected chi connectivity index (χ0v) is 10.2. The Morgan fingerprint density at radius 1 is 1.29 bits per heavy atom. The van der Waals surface area contributed by atoms with Crippen molar-refractivity contribution in [2.24, 2.45) is 16.7 Å². The van der Waals surface area contributed by atoms with E-state index in [1.807, 2.05) is 6.92 Å². The number of hydrogen-bond donors (Lipinski definition) is 1. The first-order valence-electron chi connectivity index (χ1n) is 5.53. The molecular weight excluding hydrogens is 172 g/mol. The molecule has 0 saturated heterocycles. The van der Waals surface area contributed by atoms with Crippen molar-refractivity contribution in [3.63, 3.8) is 0 Å². The van der Waals surface area contributed by atoms with E-state index < -0.39 is 0 Å². The third kappa shape index (κ3) is 1.75. The Hall–Kier alpha value is -0.300. The quantitative estimate of drug-likeness (QED) is 0.683. The first kappa shape index (κ1) is 11.8. The molecular formula is C13H24O. The van der Waals surface area contributed by atoms with E-state index in [1.165, 1.54) is 5.57 Å². The van der Waals surface area contributed by atoms with Crippen molar-refractivity contribution >= 4 is 0 Å². The van der Waals surface area contributed by atoms with Crippen LogP contribution in [0.3, 0.4) is 0 Å². The van der Waals surface area contributed by atoms with Gasteiger partial charge >= 0.3 is 0 Å². The highest BCUT2D eigenvalue weighted by molar-refractivity contribution is 5.14. The van der Waals surface area contributed by atoms with E-state index >= 15 is 0 Å². The van der Waals surface area contributed by atoms with Crippen molar-refractivity contribution in [3.8, 4) is 0 Å². The molecule has 0 amide bonds. The van der Waals surface area contributed by atoms with Crippen LogP contribution in [-0.2, 0) is 0 Å². The van der Waals surface area contributed by atoms with Gasteiger partial charge in [-0.3, -0.25) is 0 Å². The van der Waals surface area contributed by atoms with Crippen LogP contribution in [0.5, 0.6) is 0 Å². The molecule has 0 aromatic carbocycles. The van der Waals surface area contributed by atoms with Crippen molar-refractivity contribution in [2.75, 3.05) is 0 Å². The molecule has 1 saturated carbocycles. The molecule has 1 aliphatic rings. The Kier molecular flexibility index (Phi) is 2.84. The van der Waals surface area contributed by atoms with Crippen LogP contribution in [0.2, 0.25) is 0 Å². The molecule has 1 N–H and O–H groups in total. The van der Waals surface area contributed by atoms with Crippen LogP contribution in [0.25, 0.3) is 0 Å². The van der Waals surface area contributed by atoms with Crippen molar-refractivity contribution in [3.05, 3.63) is 12.2 Å². The lowest BCUT2D eigenvalue weighted by Gasteiger charge is -2.12. The molecule has 0 spiro atoms. The maximum atomic E-state index is 10.1. The second kappa shape index (κ2) is 3.37. The van der Waals surface area contributed by atoms with Gasteiger partial charge in [0, 0.05) is 0 Å². The molecule has 0 radical (unpaired) electrons. The van der Waals surface area contributed by atoms with Gasteiger partial charge in [0.2, 0.25) is 0 Å². The largest absolute Gasteiger partial charge is 0.393 e. The lowest BCUT2D eigenvalue weighted by Crippen LogP contribution is -2.14. The van der Waals surface area contributed by atoms with Crippen LogP contribution in [-0.4, -0.2) is 11.2 Å². The number of aliphatic hydroxyl groups is 1. The molecule has 0 aromatic heterocycles. The number of aliphatic hydroxyl groups excluding tert-OH is 1. The summed E-state index contributed by atoms with van der Waals surface area (Å²) in [6.45, 7) is 14.9. The first-order valence-corrected chi connectivity index (χ1v) is 5.53. The zero-order valence-electron chi connectivity index (χ0n) is 10.2. The molecule has 14 heavy (non-hydrogen) atoms. The molecule has 1 aliphatic carbocycles. The lowest BCUT2D eigenvalue weighted by atomic mass is 10.0. The van der Waals surface area contributed by atoms with Crippen LogP contribution in [0.4, 0.5) is 0 Å². The predicted molar refractivity (Wildman–Crippen MR) is 61.1 cm³/mol. The second-order valence-electron chi connectivity index (χ2n) is 5.98. The van der Waals surface area contributed by atoms with Crippen molar-refractivity contribution in [2.45, 2.75) is 53.6 Å². The fraction of sp³-hybridized carbons (Fsp3) is 0.846. The highest BCUT2D eigenvalue weighted by Crippen LogP contribution is 2.70. The fourth-order valence-corrected chi connectivity index (χ4v) is 2.77. The van der Waals surface area contributed by atoms with Gasteiger partial charge < -0.3 is 5.11 Å². The van der Waals surface area contributed by atoms with E-state index in [2.05, 4.69) is 34.3 Å². The SMILES string of the molecule is C=C(C)CCC(O)C1C(C)(C)C1(C)C. The molecule has 1 atom stereocenters. The minimum absolute atomic E-state index is 0.156. The van der Waals surface area contributed by atoms with Crippen molar-refractivity contribution < 1.29 is 5.11 Å². The van der Waals surface area contributed by atoms with E-state index in [-0.39, 0.29) is 6.10 Å². The van der Waals surface area contributed by atoms with E-state index in [0.29, 0.717) is 16.7 Å². The minimum Gasteiger partial charge on any atom is -0.393 e. The molecule has 1 rings (SSSR count). The fourth-order valence-electron chi connectivity index (χ4n) is 2.77. The predicted octanol–water partition coefficient (Wildman–Crippen LogP) is 3.39. The summed E-state index contributed by atoms with van der Waals surface area (Å²) in [5.74, 6) is 0.453. The topological polar surface area (TPSA) is 20.2 Å². The number of rotatable bonds is 4. The van der Waals surface area contributed by atoms with Gasteiger partial charge in [0.15, 0.2) is 0 Å². The van der Waals surface area contributed by atoms with Crippen molar-refractivity contribution in [1.82, 2.24) is 0 Å². The van der Waals surface area contributed by atoms with Crippen LogP contribution in [0.15, 0.2) is 12.2 Å². The summed E-state index contributed by atoms with van der Waals surface area (Å²) in [7, 11) is 0. The first-order chi connectivity index (χ1) is 6.21. The minimum atomic E-state index is -0.156. The van der Waals surface area contributed by atoms with Gasteiger partial charge in [0.05, 0.1) is 6.10 Å². The van der Waals surface area contributed by atoms with Gasteiger partial charge in [-0.25, -0.2) is 0 Å². The van der Waals surface area contributed by atoms with Gasteiger partial charge in [-0.05, 0) is 36.5 Å². The standard InChI is InChI=1S/C13H24O/c1-9(2)7-8-10(14)11-12(3,4)13(11,5)6/h10-11,14H,1,7-8H2,2-6H3. The smallest absolute Gasteiger partial charge is 0.0582 e. The maximum Gasteiger partial charge on any atom is 0.0582 e. The summed E-state index contributed by atoms with van der Waals surface area (Å²) in [6.07, 6.45) is 1.66. The molecule has 1 unspecified atom stereocenters. The average Bonchev–Trinajstić information content (AvgIpc) is 2.39. The van der Waals surface area contributed by atoms with Gasteiger partial charge in [0.25, 0.3) is 0 Å². The third-order valence-corrected chi connectivity index (χ3v) is 4.38. The Morgan fingerprint density at radius 2 is 1.71 bits per heavy atom. The molecule has 1 heteroatoms. The van der Waals surface area contributed by atoms with Gasteiger partial charge in [-0.1, -0.05) is 33.3 Å². The number of hydrogen-bond acceptors (Lipinski definition) is 1. The third-order valence-electron chi connectivity index (χ3n) is 4.38. The molecule has 0 bridgehead atoms. The Morgan fingerprint density at radius 3 is 2.00 bits per heavy atom.